The molecule has 22 heavy (non-hydrogen) atoms. The number of nitrogens with zero attached hydrogens (tertiary/aromatic N) is 1. The van der Waals surface area contributed by atoms with E-state index >= 15 is 0 Å². The molecule has 1 atom stereocenters. The summed E-state index contributed by atoms with van der Waals surface area (Å²) in [6.07, 6.45) is 10.5. The van der Waals surface area contributed by atoms with Crippen LogP contribution < -0.4 is 4.74 Å². The van der Waals surface area contributed by atoms with E-state index in [1.165, 1.54) is 12.8 Å². The molecule has 2 heteroatoms. The molecule has 0 spiro atoms. The molecule has 120 valence electrons. The van der Waals surface area contributed by atoms with Gasteiger partial charge in [0.15, 0.2) is 0 Å². The Kier molecular flexibility index (Phi) is 8.40. The quantitative estimate of drug-likeness (QED) is 0.585. The highest BCUT2D eigenvalue weighted by molar-refractivity contribution is 5.70. The molecule has 0 aliphatic rings. The third kappa shape index (κ3) is 5.24. The van der Waals surface area contributed by atoms with Crippen molar-refractivity contribution in [1.29, 1.82) is 0 Å². The summed E-state index contributed by atoms with van der Waals surface area (Å²) in [5.74, 6) is 3.79. The first-order valence-electron chi connectivity index (χ1n) is 8.21. The Bertz CT molecular complexity index is 475. The lowest BCUT2D eigenvalue weighted by molar-refractivity contribution is 0.262. The Morgan fingerprint density at radius 3 is 2.14 bits per heavy atom. The van der Waals surface area contributed by atoms with E-state index in [1.54, 1.807) is 7.11 Å². The largest absolute Gasteiger partial charge is 0.497 e. The van der Waals surface area contributed by atoms with Gasteiger partial charge in [0.2, 0.25) is 0 Å². The number of hydrogen-bond acceptors (Lipinski definition) is 2. The van der Waals surface area contributed by atoms with Crippen molar-refractivity contribution in [3.8, 4) is 18.1 Å². The van der Waals surface area contributed by atoms with Gasteiger partial charge in [0.25, 0.3) is 0 Å². The van der Waals surface area contributed by atoms with Crippen molar-refractivity contribution in [2.24, 2.45) is 0 Å². The highest BCUT2D eigenvalue weighted by atomic mass is 16.5. The van der Waals surface area contributed by atoms with Crippen molar-refractivity contribution in [3.05, 3.63) is 36.4 Å². The summed E-state index contributed by atoms with van der Waals surface area (Å²) >= 11 is 0. The van der Waals surface area contributed by atoms with Crippen molar-refractivity contribution in [2.45, 2.75) is 45.6 Å². The maximum Gasteiger partial charge on any atom is 0.118 e. The number of ether oxygens (including phenoxy) is 1. The van der Waals surface area contributed by atoms with Gasteiger partial charge in [0.1, 0.15) is 5.75 Å². The molecule has 0 aromatic heterocycles. The topological polar surface area (TPSA) is 12.5 Å². The van der Waals surface area contributed by atoms with Crippen LogP contribution in [0.4, 0.5) is 0 Å². The van der Waals surface area contributed by atoms with Crippen molar-refractivity contribution in [1.82, 2.24) is 4.90 Å². The molecule has 0 saturated heterocycles. The van der Waals surface area contributed by atoms with Crippen LogP contribution in [0.15, 0.2) is 30.8 Å². The van der Waals surface area contributed by atoms with Crippen LogP contribution >= 0.6 is 0 Å². The second kappa shape index (κ2) is 10.1. The maximum atomic E-state index is 5.83. The average molecular weight is 299 g/mol. The molecule has 0 saturated carbocycles. The van der Waals surface area contributed by atoms with Crippen LogP contribution in [0.1, 0.15) is 45.1 Å². The second-order valence-electron chi connectivity index (χ2n) is 5.57. The van der Waals surface area contributed by atoms with Crippen LogP contribution in [0.5, 0.6) is 5.75 Å². The Balaban J connectivity index is 2.88. The number of methoxy groups -OCH3 is 1. The number of hydrogen-bond donors (Lipinski definition) is 0. The predicted octanol–water partition coefficient (Wildman–Crippen LogP) is 4.61. The molecule has 0 bridgehead atoms. The van der Waals surface area contributed by atoms with Gasteiger partial charge in [-0.15, -0.1) is 6.42 Å². The molecule has 0 radical (unpaired) electrons. The lowest BCUT2D eigenvalue weighted by Crippen LogP contribution is -2.36. The van der Waals surface area contributed by atoms with Gasteiger partial charge in [-0.1, -0.05) is 51.3 Å². The first-order valence-corrected chi connectivity index (χ1v) is 8.21. The molecule has 0 amide bonds. The van der Waals surface area contributed by atoms with Gasteiger partial charge in [0, 0.05) is 0 Å². The smallest absolute Gasteiger partial charge is 0.118 e. The van der Waals surface area contributed by atoms with Gasteiger partial charge >= 0.3 is 0 Å². The van der Waals surface area contributed by atoms with Crippen LogP contribution in [0.25, 0.3) is 5.57 Å². The highest BCUT2D eigenvalue weighted by Gasteiger charge is 2.19. The third-order valence-corrected chi connectivity index (χ3v) is 3.91. The zero-order chi connectivity index (χ0) is 16.4. The van der Waals surface area contributed by atoms with Crippen LogP contribution in [0.2, 0.25) is 0 Å². The Morgan fingerprint density at radius 1 is 1.18 bits per heavy atom. The minimum absolute atomic E-state index is 0.0357. The zero-order valence-corrected chi connectivity index (χ0v) is 14.3. The lowest BCUT2D eigenvalue weighted by Gasteiger charge is -2.29. The van der Waals surface area contributed by atoms with Gasteiger partial charge in [0.05, 0.1) is 13.2 Å². The summed E-state index contributed by atoms with van der Waals surface area (Å²) in [5, 5.41) is 0. The number of benzene rings is 1. The first kappa shape index (κ1) is 18.3. The van der Waals surface area contributed by atoms with E-state index in [-0.39, 0.29) is 6.04 Å². The van der Waals surface area contributed by atoms with E-state index < -0.39 is 0 Å². The lowest BCUT2D eigenvalue weighted by atomic mass is 9.98. The molecule has 1 rings (SSSR count). The highest BCUT2D eigenvalue weighted by Crippen LogP contribution is 2.23. The summed E-state index contributed by atoms with van der Waals surface area (Å²) in [6.45, 7) is 10.7. The van der Waals surface area contributed by atoms with Gasteiger partial charge in [-0.3, -0.25) is 4.90 Å². The first-order chi connectivity index (χ1) is 10.7. The fourth-order valence-corrected chi connectivity index (χ4v) is 2.48. The maximum absolute atomic E-state index is 5.83. The predicted molar refractivity (Wildman–Crippen MR) is 96.0 cm³/mol. The van der Waals surface area contributed by atoms with E-state index in [2.05, 4.69) is 31.2 Å². The fraction of sp³-hybridized carbons (Fsp3) is 0.500. The minimum Gasteiger partial charge on any atom is -0.497 e. The Hall–Kier alpha value is -1.72. The summed E-state index contributed by atoms with van der Waals surface area (Å²) < 4.78 is 5.21. The second-order valence-corrected chi connectivity index (χ2v) is 5.57. The van der Waals surface area contributed by atoms with Crippen LogP contribution in [0, 0.1) is 12.3 Å². The molecule has 1 aromatic rings. The molecule has 0 fully saturated rings. The average Bonchev–Trinajstić information content (AvgIpc) is 2.57. The van der Waals surface area contributed by atoms with E-state index in [9.17, 15) is 0 Å². The van der Waals surface area contributed by atoms with Gasteiger partial charge < -0.3 is 4.74 Å². The van der Waals surface area contributed by atoms with E-state index in [0.29, 0.717) is 0 Å². The van der Waals surface area contributed by atoms with Gasteiger partial charge in [-0.2, -0.15) is 0 Å². The van der Waals surface area contributed by atoms with E-state index in [0.717, 1.165) is 42.8 Å². The van der Waals surface area contributed by atoms with Crippen molar-refractivity contribution >= 4 is 5.57 Å². The number of unbranched alkanes of at least 4 members (excludes halogenated alkanes) is 2. The molecular weight excluding hydrogens is 270 g/mol. The van der Waals surface area contributed by atoms with Crippen molar-refractivity contribution < 1.29 is 4.74 Å². The molecule has 1 unspecified atom stereocenters. The van der Waals surface area contributed by atoms with Gasteiger partial charge in [-0.05, 0) is 49.2 Å². The Morgan fingerprint density at radius 2 is 1.73 bits per heavy atom. The molecule has 1 aromatic carbocycles. The number of rotatable bonds is 10. The van der Waals surface area contributed by atoms with Crippen molar-refractivity contribution in [3.63, 3.8) is 0 Å². The molecule has 0 N–H and O–H groups in total. The molecule has 0 aliphatic carbocycles. The molecule has 0 aliphatic heterocycles. The minimum atomic E-state index is -0.0357. The third-order valence-electron chi connectivity index (χ3n) is 3.91. The normalized spacial score (nSPS) is 12.0. The molecule has 2 nitrogen and oxygen atoms in total. The monoisotopic (exact) mass is 299 g/mol. The number of terminal acetylenes is 1. The summed E-state index contributed by atoms with van der Waals surface area (Å²) in [5.41, 5.74) is 2.08. The Labute approximate surface area is 136 Å². The van der Waals surface area contributed by atoms with Gasteiger partial charge in [-0.25, -0.2) is 0 Å². The van der Waals surface area contributed by atoms with Crippen LogP contribution in [-0.2, 0) is 0 Å². The summed E-state index contributed by atoms with van der Waals surface area (Å²) in [6, 6.07) is 7.94. The fourth-order valence-electron chi connectivity index (χ4n) is 2.48. The standard InChI is InChI=1S/C20H29NO/c1-6-9-15-21(16-10-7-2)20(8-3)17(4)18-11-13-19(22-5)14-12-18/h3,11-14,20H,4,6-7,9-10,15-16H2,1-2,5H3. The van der Waals surface area contributed by atoms with E-state index in [4.69, 9.17) is 11.2 Å². The molecule has 0 heterocycles. The summed E-state index contributed by atoms with van der Waals surface area (Å²) in [7, 11) is 1.67. The van der Waals surface area contributed by atoms with Crippen LogP contribution in [0.3, 0.4) is 0 Å². The zero-order valence-electron chi connectivity index (χ0n) is 14.3. The SMILES string of the molecule is C#CC(C(=C)c1ccc(OC)cc1)N(CCCC)CCCC. The van der Waals surface area contributed by atoms with Crippen LogP contribution in [-0.4, -0.2) is 31.1 Å². The van der Waals surface area contributed by atoms with E-state index in [1.807, 2.05) is 24.3 Å². The van der Waals surface area contributed by atoms with Crippen molar-refractivity contribution in [2.75, 3.05) is 20.2 Å². The summed E-state index contributed by atoms with van der Waals surface area (Å²) in [4.78, 5) is 2.39. The molecular formula is C20H29NO.